The monoisotopic (exact) mass is 193 g/mol. The molecule has 0 saturated heterocycles. The first-order valence-corrected chi connectivity index (χ1v) is 4.80. The third-order valence-electron chi connectivity index (χ3n) is 3.02. The fraction of sp³-hybridized carbons (Fsp3) is 0.455. The summed E-state index contributed by atoms with van der Waals surface area (Å²) < 4.78 is 5.54. The zero-order valence-electron chi connectivity index (χ0n) is 8.23. The van der Waals surface area contributed by atoms with E-state index in [1.807, 2.05) is 31.2 Å². The van der Waals surface area contributed by atoms with Crippen molar-refractivity contribution >= 4 is 0 Å². The summed E-state index contributed by atoms with van der Waals surface area (Å²) in [5, 5.41) is 9.39. The number of fused-ring (bicyclic) bond motifs is 1. The van der Waals surface area contributed by atoms with Gasteiger partial charge < -0.3 is 15.6 Å². The highest BCUT2D eigenvalue weighted by Gasteiger charge is 2.39. The first-order chi connectivity index (χ1) is 6.68. The van der Waals surface area contributed by atoms with E-state index in [9.17, 15) is 5.11 Å². The molecule has 3 nitrogen and oxygen atoms in total. The van der Waals surface area contributed by atoms with Crippen molar-refractivity contribution in [2.45, 2.75) is 12.5 Å². The molecule has 0 fully saturated rings. The lowest BCUT2D eigenvalue weighted by Crippen LogP contribution is -2.51. The van der Waals surface area contributed by atoms with Crippen molar-refractivity contribution in [2.24, 2.45) is 11.7 Å². The van der Waals surface area contributed by atoms with Crippen molar-refractivity contribution in [1.29, 1.82) is 0 Å². The Labute approximate surface area is 83.5 Å². The van der Waals surface area contributed by atoms with Gasteiger partial charge in [-0.25, -0.2) is 0 Å². The molecule has 14 heavy (non-hydrogen) atoms. The molecule has 1 heterocycles. The summed E-state index contributed by atoms with van der Waals surface area (Å²) in [5.41, 5.74) is 6.43. The second-order valence-electron chi connectivity index (χ2n) is 3.91. The predicted molar refractivity (Wildman–Crippen MR) is 54.1 cm³/mol. The standard InChI is InChI=1S/C11H15NO2/c1-8-6-14-10-5-3-2-4-9(10)11(8,12)7-13/h2-5,8,13H,6-7,12H2,1H3. The van der Waals surface area contributed by atoms with Crippen LogP contribution in [0.3, 0.4) is 0 Å². The van der Waals surface area contributed by atoms with Gasteiger partial charge in [-0.2, -0.15) is 0 Å². The van der Waals surface area contributed by atoms with Crippen molar-refractivity contribution in [2.75, 3.05) is 13.2 Å². The summed E-state index contributed by atoms with van der Waals surface area (Å²) in [6.45, 7) is 2.51. The number of rotatable bonds is 1. The van der Waals surface area contributed by atoms with Crippen molar-refractivity contribution in [3.8, 4) is 5.75 Å². The predicted octanol–water partition coefficient (Wildman–Crippen LogP) is 0.861. The lowest BCUT2D eigenvalue weighted by atomic mass is 9.79. The van der Waals surface area contributed by atoms with Crippen LogP contribution in [0.15, 0.2) is 24.3 Å². The molecule has 0 aliphatic carbocycles. The summed E-state index contributed by atoms with van der Waals surface area (Å²) >= 11 is 0. The molecule has 76 valence electrons. The number of benzene rings is 1. The molecule has 0 radical (unpaired) electrons. The molecule has 2 unspecified atom stereocenters. The molecule has 0 aromatic heterocycles. The molecular formula is C11H15NO2. The summed E-state index contributed by atoms with van der Waals surface area (Å²) in [7, 11) is 0. The van der Waals surface area contributed by atoms with Gasteiger partial charge in [0.2, 0.25) is 0 Å². The molecule has 1 aromatic rings. The van der Waals surface area contributed by atoms with E-state index in [2.05, 4.69) is 0 Å². The maximum atomic E-state index is 9.39. The first-order valence-electron chi connectivity index (χ1n) is 4.80. The Morgan fingerprint density at radius 3 is 3.00 bits per heavy atom. The zero-order chi connectivity index (χ0) is 10.2. The van der Waals surface area contributed by atoms with Crippen LogP contribution in [0, 0.1) is 5.92 Å². The molecule has 3 N–H and O–H groups in total. The smallest absolute Gasteiger partial charge is 0.124 e. The fourth-order valence-electron chi connectivity index (χ4n) is 1.85. The van der Waals surface area contributed by atoms with E-state index < -0.39 is 5.54 Å². The van der Waals surface area contributed by atoms with Gasteiger partial charge in [0.15, 0.2) is 0 Å². The van der Waals surface area contributed by atoms with Gasteiger partial charge in [0.05, 0.1) is 18.8 Å². The number of hydrogen-bond acceptors (Lipinski definition) is 3. The van der Waals surface area contributed by atoms with Crippen LogP contribution in [-0.2, 0) is 5.54 Å². The van der Waals surface area contributed by atoms with Gasteiger partial charge in [0.1, 0.15) is 5.75 Å². The Bertz CT molecular complexity index is 340. The van der Waals surface area contributed by atoms with Crippen LogP contribution >= 0.6 is 0 Å². The number of aliphatic hydroxyl groups is 1. The van der Waals surface area contributed by atoms with Gasteiger partial charge in [-0.05, 0) is 6.07 Å². The average Bonchev–Trinajstić information content (AvgIpc) is 2.24. The number of para-hydroxylation sites is 1. The van der Waals surface area contributed by atoms with Crippen molar-refractivity contribution in [3.05, 3.63) is 29.8 Å². The van der Waals surface area contributed by atoms with Gasteiger partial charge in [-0.15, -0.1) is 0 Å². The maximum absolute atomic E-state index is 9.39. The molecule has 0 amide bonds. The topological polar surface area (TPSA) is 55.5 Å². The maximum Gasteiger partial charge on any atom is 0.124 e. The van der Waals surface area contributed by atoms with Crippen molar-refractivity contribution < 1.29 is 9.84 Å². The van der Waals surface area contributed by atoms with Crippen LogP contribution in [0.5, 0.6) is 5.75 Å². The molecule has 1 aliphatic rings. The Balaban J connectivity index is 2.52. The molecule has 2 rings (SSSR count). The largest absolute Gasteiger partial charge is 0.493 e. The van der Waals surface area contributed by atoms with Gasteiger partial charge in [-0.3, -0.25) is 0 Å². The quantitative estimate of drug-likeness (QED) is 0.695. The summed E-state index contributed by atoms with van der Waals surface area (Å²) in [6, 6.07) is 7.63. The van der Waals surface area contributed by atoms with Gasteiger partial charge in [0, 0.05) is 11.5 Å². The van der Waals surface area contributed by atoms with Crippen molar-refractivity contribution in [1.82, 2.24) is 0 Å². The van der Waals surface area contributed by atoms with Crippen LogP contribution in [0.25, 0.3) is 0 Å². The lowest BCUT2D eigenvalue weighted by Gasteiger charge is -2.39. The Hall–Kier alpha value is -1.06. The van der Waals surface area contributed by atoms with Gasteiger partial charge in [0.25, 0.3) is 0 Å². The number of ether oxygens (including phenoxy) is 1. The van der Waals surface area contributed by atoms with Crippen LogP contribution < -0.4 is 10.5 Å². The second-order valence-corrected chi connectivity index (χ2v) is 3.91. The molecular weight excluding hydrogens is 178 g/mol. The number of aliphatic hydroxyl groups excluding tert-OH is 1. The summed E-state index contributed by atoms with van der Waals surface area (Å²) in [6.07, 6.45) is 0. The summed E-state index contributed by atoms with van der Waals surface area (Å²) in [4.78, 5) is 0. The minimum atomic E-state index is -0.658. The molecule has 0 saturated carbocycles. The van der Waals surface area contributed by atoms with Crippen LogP contribution in [-0.4, -0.2) is 18.3 Å². The highest BCUT2D eigenvalue weighted by atomic mass is 16.5. The van der Waals surface area contributed by atoms with Gasteiger partial charge >= 0.3 is 0 Å². The van der Waals surface area contributed by atoms with Crippen LogP contribution in [0.4, 0.5) is 0 Å². The Morgan fingerprint density at radius 2 is 2.29 bits per heavy atom. The normalized spacial score (nSPS) is 30.6. The Kier molecular flexibility index (Phi) is 2.21. The Morgan fingerprint density at radius 1 is 1.57 bits per heavy atom. The minimum absolute atomic E-state index is 0.0471. The molecule has 0 spiro atoms. The lowest BCUT2D eigenvalue weighted by molar-refractivity contribution is 0.0853. The zero-order valence-corrected chi connectivity index (χ0v) is 8.23. The summed E-state index contributed by atoms with van der Waals surface area (Å²) in [5.74, 6) is 0.921. The van der Waals surface area contributed by atoms with E-state index in [1.54, 1.807) is 0 Å². The second kappa shape index (κ2) is 3.26. The highest BCUT2D eigenvalue weighted by Crippen LogP contribution is 2.37. The van der Waals surface area contributed by atoms with Crippen molar-refractivity contribution in [3.63, 3.8) is 0 Å². The van der Waals surface area contributed by atoms with E-state index >= 15 is 0 Å². The van der Waals surface area contributed by atoms with E-state index in [0.717, 1.165) is 11.3 Å². The molecule has 0 bridgehead atoms. The third-order valence-corrected chi connectivity index (χ3v) is 3.02. The van der Waals surface area contributed by atoms with E-state index in [-0.39, 0.29) is 12.5 Å². The number of nitrogens with two attached hydrogens (primary N) is 1. The number of hydrogen-bond donors (Lipinski definition) is 2. The van der Waals surface area contributed by atoms with E-state index in [0.29, 0.717) is 6.61 Å². The average molecular weight is 193 g/mol. The SMILES string of the molecule is CC1COc2ccccc2C1(N)CO. The third kappa shape index (κ3) is 1.21. The van der Waals surface area contributed by atoms with E-state index in [4.69, 9.17) is 10.5 Å². The first kappa shape index (κ1) is 9.49. The fourth-order valence-corrected chi connectivity index (χ4v) is 1.85. The van der Waals surface area contributed by atoms with Crippen LogP contribution in [0.1, 0.15) is 12.5 Å². The highest BCUT2D eigenvalue weighted by molar-refractivity contribution is 5.41. The molecule has 2 atom stereocenters. The van der Waals surface area contributed by atoms with E-state index in [1.165, 1.54) is 0 Å². The molecule has 1 aromatic carbocycles. The van der Waals surface area contributed by atoms with Crippen LogP contribution in [0.2, 0.25) is 0 Å². The molecule has 1 aliphatic heterocycles. The minimum Gasteiger partial charge on any atom is -0.493 e. The molecule has 3 heteroatoms. The van der Waals surface area contributed by atoms with Gasteiger partial charge in [-0.1, -0.05) is 25.1 Å².